The monoisotopic (exact) mass is 1200 g/mol. The van der Waals surface area contributed by atoms with E-state index in [1.165, 1.54) is 42.4 Å². The summed E-state index contributed by atoms with van der Waals surface area (Å²) in [6.07, 6.45) is 0. The van der Waals surface area contributed by atoms with E-state index in [1.54, 1.807) is 0 Å². The Morgan fingerprint density at radius 3 is 0.733 bits per heavy atom. The van der Waals surface area contributed by atoms with Gasteiger partial charge < -0.3 is 18.7 Å². The molecule has 384 valence electrons. The second kappa shape index (κ2) is 26.2. The number of benzene rings is 8. The summed E-state index contributed by atoms with van der Waals surface area (Å²) in [6.45, 7) is 28.2. The van der Waals surface area contributed by atoms with Crippen LogP contribution in [0.1, 0.15) is 0 Å². The maximum Gasteiger partial charge on any atom is 3.00 e. The van der Waals surface area contributed by atoms with Crippen LogP contribution in [0.5, 0.6) is 0 Å². The number of hydrogen-bond donors (Lipinski definition) is 0. The molecule has 13 heteroatoms. The molecule has 0 unspecified atom stereocenters. The molecule has 0 bridgehead atoms. The van der Waals surface area contributed by atoms with Gasteiger partial charge in [0.1, 0.15) is 0 Å². The molecule has 0 spiro atoms. The van der Waals surface area contributed by atoms with E-state index in [2.05, 4.69) is 332 Å². The van der Waals surface area contributed by atoms with Crippen molar-refractivity contribution in [2.24, 2.45) is 4.41 Å². The van der Waals surface area contributed by atoms with E-state index in [4.69, 9.17) is 18.7 Å². The summed E-state index contributed by atoms with van der Waals surface area (Å²) < 4.78 is 23.6. The average molecular weight is 1200 g/mol. The van der Waals surface area contributed by atoms with E-state index in [-0.39, 0.29) is 32.7 Å². The summed E-state index contributed by atoms with van der Waals surface area (Å²) in [7, 11) is -17.1. The van der Waals surface area contributed by atoms with Crippen molar-refractivity contribution in [2.45, 2.75) is 78.6 Å². The van der Waals surface area contributed by atoms with Gasteiger partial charge in [-0.15, -0.1) is 21.1 Å². The van der Waals surface area contributed by atoms with Crippen LogP contribution in [0.25, 0.3) is 14.3 Å². The molecule has 8 aromatic rings. The van der Waals surface area contributed by atoms with Crippen LogP contribution in [0.4, 0.5) is 0 Å². The van der Waals surface area contributed by atoms with Crippen LogP contribution in [0.2, 0.25) is 78.6 Å². The van der Waals surface area contributed by atoms with Crippen molar-refractivity contribution in [3.8, 4) is 0 Å². The van der Waals surface area contributed by atoms with Crippen molar-refractivity contribution < 1.29 is 32.7 Å². The van der Waals surface area contributed by atoms with Gasteiger partial charge in [0.2, 0.25) is 0 Å². The average Bonchev–Trinajstić information content (AvgIpc) is 3.38. The molecular weight excluding hydrogens is 1130 g/mol. The molecule has 0 amide bonds. The molecule has 0 radical (unpaired) electrons. The molecule has 8 rings (SSSR count). The Morgan fingerprint density at radius 2 is 0.520 bits per heavy atom. The fraction of sp³-hybridized carbons (Fsp3) is 0.194. The van der Waals surface area contributed by atoms with Crippen molar-refractivity contribution in [1.29, 1.82) is 0 Å². The van der Waals surface area contributed by atoms with Crippen molar-refractivity contribution >= 4 is 114 Å². The van der Waals surface area contributed by atoms with Crippen LogP contribution in [0.3, 0.4) is 0 Å². The van der Waals surface area contributed by atoms with Crippen LogP contribution in [-0.2, 0) is 32.7 Å². The Balaban J connectivity index is 0.000000241. The molecule has 4 nitrogen and oxygen atoms in total. The fourth-order valence-electron chi connectivity index (χ4n) is 9.15. The third-order valence-corrected chi connectivity index (χ3v) is 39.6. The van der Waals surface area contributed by atoms with Crippen molar-refractivity contribution in [3.05, 3.63) is 257 Å². The molecule has 0 fully saturated rings. The molecule has 0 aliphatic carbocycles. The van der Waals surface area contributed by atoms with Gasteiger partial charge in [0, 0.05) is 7.05 Å². The molecule has 8 aromatic carbocycles. The third-order valence-electron chi connectivity index (χ3n) is 11.6. The second-order valence-electron chi connectivity index (χ2n) is 22.6. The summed E-state index contributed by atoms with van der Waals surface area (Å²) in [5, 5.41) is 14.7. The quantitative estimate of drug-likeness (QED) is 0.0684. The SMILES string of the molecule is C[Si](C)(C)N=P(C=P([N-][Si](C)(C)C)(c1ccccc1)c1ccccc1)(c1ccccc1)c1ccccc1.C[Si](C)(C)[N-]P(=C=P([N-][Si](C)(C)C)(c1ccccc1)c1ccccc1)(c1ccccc1)c1ccccc1.[Y+3]. The Hall–Kier alpha value is -3.22. The molecule has 0 aromatic heterocycles. The van der Waals surface area contributed by atoms with Gasteiger partial charge in [-0.2, -0.15) is 5.17 Å². The molecule has 0 N–H and O–H groups in total. The zero-order valence-corrected chi connectivity index (χ0v) is 56.7. The summed E-state index contributed by atoms with van der Waals surface area (Å²) >= 11 is 0. The number of hydrogen-bond acceptors (Lipinski definition) is 1. The molecule has 0 saturated carbocycles. The van der Waals surface area contributed by atoms with Gasteiger partial charge in [0.05, 0.1) is 0 Å². The minimum Gasteiger partial charge on any atom is -0.631 e. The zero-order chi connectivity index (χ0) is 53.1. The van der Waals surface area contributed by atoms with Crippen LogP contribution in [0.15, 0.2) is 247 Å². The Kier molecular flexibility index (Phi) is 21.3. The molecule has 0 atom stereocenters. The van der Waals surface area contributed by atoms with E-state index in [0.717, 1.165) is 0 Å². The van der Waals surface area contributed by atoms with Crippen LogP contribution >= 0.6 is 28.2 Å². The number of rotatable bonds is 16. The van der Waals surface area contributed by atoms with Gasteiger partial charge in [-0.05, 0) is 42.4 Å². The van der Waals surface area contributed by atoms with Crippen LogP contribution in [0, 0.1) is 0 Å². The first-order valence-corrected chi connectivity index (χ1v) is 46.6. The topological polar surface area (TPSA) is 54.7 Å². The van der Waals surface area contributed by atoms with E-state index in [1.807, 2.05) is 0 Å². The predicted molar refractivity (Wildman–Crippen MR) is 353 cm³/mol. The smallest absolute Gasteiger partial charge is 0.631 e. The standard InChI is InChI=1S/C31H39N2P2Si2.C31H38N2P2Si2.Y/c2*1-36(2,3)32-34(28-19-11-7-12-20-28,29-21-13-8-14-22-29)27-35(33-37(4,5)6,30-23-15-9-16-24-30)31-25-17-10-18-26-31;/h7-27H,1-6H3;7-26H,1-6H3;/q-1;-2;+3. The predicted octanol–water partition coefficient (Wildman–Crippen LogP) is 16.4. The second-order valence-corrected chi connectivity index (χ2v) is 54.3. The Morgan fingerprint density at radius 1 is 0.307 bits per heavy atom. The summed E-state index contributed by atoms with van der Waals surface area (Å²) in [5.41, 5.74) is 2.69. The number of nitrogens with zero attached hydrogens (tertiary/aromatic N) is 4. The van der Waals surface area contributed by atoms with Crippen LogP contribution < -0.4 is 42.4 Å². The molecule has 0 aliphatic heterocycles. The molecule has 0 saturated heterocycles. The van der Waals surface area contributed by atoms with Gasteiger partial charge in [0.25, 0.3) is 0 Å². The summed E-state index contributed by atoms with van der Waals surface area (Å²) in [4.78, 5) is 0. The molecule has 75 heavy (non-hydrogen) atoms. The van der Waals surface area contributed by atoms with Gasteiger partial charge in [-0.3, -0.25) is 0 Å². The summed E-state index contributed by atoms with van der Waals surface area (Å²) in [5.74, 6) is 0. The Labute approximate surface area is 482 Å². The summed E-state index contributed by atoms with van der Waals surface area (Å²) in [6, 6.07) is 87.8. The maximum absolute atomic E-state index is 5.92. The normalized spacial score (nSPS) is 12.5. The maximum atomic E-state index is 5.92. The van der Waals surface area contributed by atoms with Crippen molar-refractivity contribution in [2.75, 3.05) is 0 Å². The van der Waals surface area contributed by atoms with E-state index >= 15 is 0 Å². The largest absolute Gasteiger partial charge is 3.00 e. The minimum atomic E-state index is -2.45. The van der Waals surface area contributed by atoms with Gasteiger partial charge in [-0.1, -0.05) is 351 Å². The van der Waals surface area contributed by atoms with E-state index in [9.17, 15) is 0 Å². The Bertz CT molecular complexity index is 3000. The van der Waals surface area contributed by atoms with Gasteiger partial charge in [0.15, 0.2) is 8.24 Å². The minimum absolute atomic E-state index is 0. The van der Waals surface area contributed by atoms with E-state index in [0.29, 0.717) is 0 Å². The van der Waals surface area contributed by atoms with Crippen molar-refractivity contribution in [1.82, 2.24) is 0 Å². The van der Waals surface area contributed by atoms with Gasteiger partial charge in [-0.25, -0.2) is 0 Å². The van der Waals surface area contributed by atoms with Gasteiger partial charge >= 0.3 is 32.7 Å². The molecular formula is C62H77N4P4Si4Y. The van der Waals surface area contributed by atoms with Crippen molar-refractivity contribution in [3.63, 3.8) is 0 Å². The first-order chi connectivity index (χ1) is 35.1. The molecule has 0 aliphatic rings. The van der Waals surface area contributed by atoms with E-state index < -0.39 is 61.1 Å². The van der Waals surface area contributed by atoms with Crippen LogP contribution in [-0.4, -0.2) is 43.7 Å². The first kappa shape index (κ1) is 61.0. The first-order valence-electron chi connectivity index (χ1n) is 25.7. The fourth-order valence-corrected chi connectivity index (χ4v) is 43.8. The third kappa shape index (κ3) is 16.0. The molecule has 0 heterocycles. The zero-order valence-electron chi connectivity index (χ0n) is 46.3.